The summed E-state index contributed by atoms with van der Waals surface area (Å²) < 4.78 is 46.6. The number of nitrogens with zero attached hydrogens (tertiary/aromatic N) is 2. The second kappa shape index (κ2) is 7.53. The minimum absolute atomic E-state index is 0.124. The van der Waals surface area contributed by atoms with Gasteiger partial charge in [-0.25, -0.2) is 0 Å². The number of hydrogen-bond donors (Lipinski definition) is 2. The molecule has 0 bridgehead atoms. The minimum atomic E-state index is -5.08. The maximum absolute atomic E-state index is 13.4. The first kappa shape index (κ1) is 20.0. The van der Waals surface area contributed by atoms with E-state index in [0.29, 0.717) is 12.5 Å². The maximum atomic E-state index is 13.4. The van der Waals surface area contributed by atoms with Crippen molar-refractivity contribution in [2.45, 2.75) is 51.9 Å². The summed E-state index contributed by atoms with van der Waals surface area (Å²) in [6.07, 6.45) is -3.81. The molecule has 0 aliphatic rings. The average molecular weight is 373 g/mol. The first-order valence-corrected chi connectivity index (χ1v) is 8.20. The van der Waals surface area contributed by atoms with Crippen LogP contribution in [-0.2, 0) is 16.9 Å². The number of aryl methyl sites for hydroxylation is 2. The Hall–Kier alpha value is -2.29. The highest BCUT2D eigenvalue weighted by Gasteiger charge is 2.58. The molecule has 1 atom stereocenters. The topological polar surface area (TPSA) is 80.3 Å². The van der Waals surface area contributed by atoms with Gasteiger partial charge in [0, 0.05) is 18.8 Å². The molecule has 2 heterocycles. The van der Waals surface area contributed by atoms with Crippen molar-refractivity contribution >= 4 is 11.7 Å². The van der Waals surface area contributed by atoms with Gasteiger partial charge in [0.15, 0.2) is 5.82 Å². The Morgan fingerprint density at radius 3 is 2.58 bits per heavy atom. The van der Waals surface area contributed by atoms with Gasteiger partial charge < -0.3 is 14.8 Å². The average Bonchev–Trinajstić information content (AvgIpc) is 3.13. The summed E-state index contributed by atoms with van der Waals surface area (Å²) >= 11 is 0. The fraction of sp³-hybridized carbons (Fsp3) is 0.529. The number of aliphatic hydroxyl groups is 1. The molecule has 0 saturated heterocycles. The highest BCUT2D eigenvalue weighted by atomic mass is 19.4. The molecule has 2 N–H and O–H groups in total. The number of anilines is 1. The van der Waals surface area contributed by atoms with Crippen LogP contribution in [0.4, 0.5) is 19.0 Å². The summed E-state index contributed by atoms with van der Waals surface area (Å²) in [5.74, 6) is -0.949. The fourth-order valence-electron chi connectivity index (χ4n) is 2.35. The molecular formula is C17H22F3N3O3. The smallest absolute Gasteiger partial charge is 0.425 e. The predicted octanol–water partition coefficient (Wildman–Crippen LogP) is 3.61. The van der Waals surface area contributed by atoms with Crippen molar-refractivity contribution in [3.05, 3.63) is 35.9 Å². The number of carbonyl (C=O) groups is 1. The Morgan fingerprint density at radius 2 is 2.04 bits per heavy atom. The molecule has 2 aromatic heterocycles. The van der Waals surface area contributed by atoms with Crippen LogP contribution >= 0.6 is 0 Å². The molecule has 0 saturated carbocycles. The fourth-order valence-corrected chi connectivity index (χ4v) is 2.35. The molecule has 0 aliphatic carbocycles. The van der Waals surface area contributed by atoms with Gasteiger partial charge in [0.25, 0.3) is 0 Å². The van der Waals surface area contributed by atoms with Gasteiger partial charge in [-0.2, -0.15) is 18.3 Å². The van der Waals surface area contributed by atoms with Crippen LogP contribution in [0.15, 0.2) is 28.8 Å². The maximum Gasteiger partial charge on any atom is 0.425 e. The number of nitrogens with one attached hydrogen (secondary N) is 1. The van der Waals surface area contributed by atoms with Crippen LogP contribution in [-0.4, -0.2) is 27.0 Å². The van der Waals surface area contributed by atoms with E-state index in [1.165, 1.54) is 19.1 Å². The summed E-state index contributed by atoms with van der Waals surface area (Å²) in [6, 6.07) is 3.79. The number of alkyl halides is 3. The Morgan fingerprint density at radius 1 is 1.35 bits per heavy atom. The van der Waals surface area contributed by atoms with Crippen LogP contribution in [0.1, 0.15) is 38.2 Å². The lowest BCUT2D eigenvalue weighted by Gasteiger charge is -2.27. The van der Waals surface area contributed by atoms with Crippen molar-refractivity contribution < 1.29 is 27.5 Å². The zero-order valence-corrected chi connectivity index (χ0v) is 14.8. The predicted molar refractivity (Wildman–Crippen MR) is 88.3 cm³/mol. The first-order chi connectivity index (χ1) is 12.0. The number of halogens is 3. The standard InChI is InChI=1S/C17H22F3N3O3/c1-11(2)6-8-23-9-7-14(22-23)21-15(24)10-16(25,17(18,19)20)13-5-4-12(3)26-13/h4-5,7,9,11,25H,6,8,10H2,1-3H3,(H,21,22,24). The van der Waals surface area contributed by atoms with Crippen molar-refractivity contribution in [3.8, 4) is 0 Å². The van der Waals surface area contributed by atoms with Gasteiger partial charge in [-0.1, -0.05) is 13.8 Å². The summed E-state index contributed by atoms with van der Waals surface area (Å²) in [6.45, 7) is 6.19. The summed E-state index contributed by atoms with van der Waals surface area (Å²) in [7, 11) is 0. The zero-order valence-electron chi connectivity index (χ0n) is 14.8. The number of aromatic nitrogens is 2. The lowest BCUT2D eigenvalue weighted by atomic mass is 9.95. The van der Waals surface area contributed by atoms with Gasteiger partial charge in [-0.05, 0) is 31.4 Å². The molecule has 9 heteroatoms. The summed E-state index contributed by atoms with van der Waals surface area (Å²) in [5, 5.41) is 16.5. The van der Waals surface area contributed by atoms with Crippen LogP contribution in [0.25, 0.3) is 0 Å². The molecule has 6 nitrogen and oxygen atoms in total. The highest BCUT2D eigenvalue weighted by molar-refractivity contribution is 5.90. The van der Waals surface area contributed by atoms with E-state index >= 15 is 0 Å². The molecule has 26 heavy (non-hydrogen) atoms. The van der Waals surface area contributed by atoms with E-state index in [2.05, 4.69) is 24.3 Å². The molecule has 0 radical (unpaired) electrons. The van der Waals surface area contributed by atoms with Crippen molar-refractivity contribution in [2.24, 2.45) is 5.92 Å². The van der Waals surface area contributed by atoms with Crippen molar-refractivity contribution in [1.29, 1.82) is 0 Å². The molecule has 144 valence electrons. The van der Waals surface area contributed by atoms with Crippen LogP contribution in [0, 0.1) is 12.8 Å². The van der Waals surface area contributed by atoms with Crippen molar-refractivity contribution in [3.63, 3.8) is 0 Å². The van der Waals surface area contributed by atoms with E-state index in [1.807, 2.05) is 0 Å². The van der Waals surface area contributed by atoms with Gasteiger partial charge in [0.05, 0.1) is 6.42 Å². The number of furan rings is 1. The molecule has 0 fully saturated rings. The van der Waals surface area contributed by atoms with E-state index < -0.39 is 29.9 Å². The van der Waals surface area contributed by atoms with Gasteiger partial charge >= 0.3 is 6.18 Å². The number of amides is 1. The molecule has 2 rings (SSSR count). The Bertz CT molecular complexity index is 752. The van der Waals surface area contributed by atoms with Gasteiger partial charge in [0.1, 0.15) is 11.5 Å². The van der Waals surface area contributed by atoms with E-state index in [1.54, 1.807) is 10.9 Å². The summed E-state index contributed by atoms with van der Waals surface area (Å²) in [5.41, 5.74) is -3.41. The SMILES string of the molecule is Cc1ccc(C(O)(CC(=O)Nc2ccn(CCC(C)C)n2)C(F)(F)F)o1. The number of hydrogen-bond acceptors (Lipinski definition) is 4. The second-order valence-corrected chi connectivity index (χ2v) is 6.64. The number of rotatable bonds is 7. The third kappa shape index (κ3) is 4.66. The third-order valence-corrected chi connectivity index (χ3v) is 3.88. The van der Waals surface area contributed by atoms with Crippen LogP contribution in [0.3, 0.4) is 0 Å². The Kier molecular flexibility index (Phi) is 5.80. The summed E-state index contributed by atoms with van der Waals surface area (Å²) in [4.78, 5) is 12.1. The van der Waals surface area contributed by atoms with E-state index in [9.17, 15) is 23.1 Å². The van der Waals surface area contributed by atoms with E-state index in [-0.39, 0.29) is 11.6 Å². The zero-order chi connectivity index (χ0) is 19.5. The van der Waals surface area contributed by atoms with Crippen molar-refractivity contribution in [1.82, 2.24) is 9.78 Å². The normalized spacial score (nSPS) is 14.5. The highest BCUT2D eigenvalue weighted by Crippen LogP contribution is 2.42. The van der Waals surface area contributed by atoms with Crippen molar-refractivity contribution in [2.75, 3.05) is 5.32 Å². The molecule has 0 aliphatic heterocycles. The first-order valence-electron chi connectivity index (χ1n) is 8.20. The van der Waals surface area contributed by atoms with Crippen LogP contribution in [0.5, 0.6) is 0 Å². The Balaban J connectivity index is 2.09. The quantitative estimate of drug-likeness (QED) is 0.777. The molecule has 1 unspecified atom stereocenters. The second-order valence-electron chi connectivity index (χ2n) is 6.64. The molecule has 1 amide bonds. The minimum Gasteiger partial charge on any atom is -0.463 e. The lowest BCUT2D eigenvalue weighted by Crippen LogP contribution is -2.44. The largest absolute Gasteiger partial charge is 0.463 e. The third-order valence-electron chi connectivity index (χ3n) is 3.88. The van der Waals surface area contributed by atoms with E-state index in [4.69, 9.17) is 4.42 Å². The molecule has 0 aromatic carbocycles. The van der Waals surface area contributed by atoms with Crippen LogP contribution < -0.4 is 5.32 Å². The van der Waals surface area contributed by atoms with Gasteiger partial charge in [-0.3, -0.25) is 9.48 Å². The monoisotopic (exact) mass is 373 g/mol. The van der Waals surface area contributed by atoms with Crippen LogP contribution in [0.2, 0.25) is 0 Å². The molecule has 2 aromatic rings. The Labute approximate surface area is 149 Å². The van der Waals surface area contributed by atoms with Gasteiger partial charge in [0.2, 0.25) is 11.5 Å². The lowest BCUT2D eigenvalue weighted by molar-refractivity contribution is -0.272. The van der Waals surface area contributed by atoms with E-state index in [0.717, 1.165) is 12.5 Å². The molecule has 0 spiro atoms. The van der Waals surface area contributed by atoms with Gasteiger partial charge in [-0.15, -0.1) is 0 Å². The number of carbonyl (C=O) groups excluding carboxylic acids is 1. The molecular weight excluding hydrogens is 351 g/mol.